The van der Waals surface area contributed by atoms with Gasteiger partial charge in [-0.1, -0.05) is 12.1 Å². The third kappa shape index (κ3) is 4.30. The van der Waals surface area contributed by atoms with Crippen LogP contribution in [0.1, 0.15) is 30.0 Å². The van der Waals surface area contributed by atoms with E-state index in [0.717, 1.165) is 30.7 Å². The molecule has 2 aromatic rings. The van der Waals surface area contributed by atoms with E-state index in [9.17, 15) is 4.39 Å². The van der Waals surface area contributed by atoms with Crippen LogP contribution in [0.5, 0.6) is 11.5 Å². The van der Waals surface area contributed by atoms with E-state index in [2.05, 4.69) is 22.8 Å². The summed E-state index contributed by atoms with van der Waals surface area (Å²) in [4.78, 5) is 0. The fourth-order valence-electron chi connectivity index (χ4n) is 3.42. The van der Waals surface area contributed by atoms with Crippen molar-refractivity contribution in [2.75, 3.05) is 20.8 Å². The molecular formula is C20H25FN2O2. The lowest BCUT2D eigenvalue weighted by Crippen LogP contribution is -2.45. The summed E-state index contributed by atoms with van der Waals surface area (Å²) in [6, 6.07) is 13.2. The van der Waals surface area contributed by atoms with Crippen LogP contribution < -0.4 is 20.1 Å². The highest BCUT2D eigenvalue weighted by molar-refractivity contribution is 5.34. The Hall–Kier alpha value is -2.11. The van der Waals surface area contributed by atoms with E-state index in [1.54, 1.807) is 20.3 Å². The summed E-state index contributed by atoms with van der Waals surface area (Å²) >= 11 is 0. The van der Waals surface area contributed by atoms with E-state index < -0.39 is 0 Å². The Morgan fingerprint density at radius 2 is 2.04 bits per heavy atom. The minimum atomic E-state index is -0.247. The van der Waals surface area contributed by atoms with Gasteiger partial charge >= 0.3 is 0 Å². The molecule has 5 heteroatoms. The Morgan fingerprint density at radius 3 is 2.84 bits per heavy atom. The molecule has 2 N–H and O–H groups in total. The number of nitrogens with one attached hydrogen (secondary N) is 2. The normalized spacial score (nSPS) is 20.3. The number of piperidine rings is 1. The number of methoxy groups -OCH3 is 2. The molecule has 0 amide bonds. The second-order valence-electron chi connectivity index (χ2n) is 6.29. The Balaban J connectivity index is 1.74. The SMILES string of the molecule is COc1cccc([C@H]2NCCC[C@H]2NCc2cc(F)ccc2OC)c1. The second kappa shape index (κ2) is 8.32. The molecule has 1 aliphatic heterocycles. The maximum absolute atomic E-state index is 13.6. The van der Waals surface area contributed by atoms with Crippen molar-refractivity contribution in [3.05, 3.63) is 59.4 Å². The largest absolute Gasteiger partial charge is 0.497 e. The molecule has 0 unspecified atom stereocenters. The molecule has 1 saturated heterocycles. The Morgan fingerprint density at radius 1 is 1.16 bits per heavy atom. The van der Waals surface area contributed by atoms with Crippen LogP contribution in [-0.4, -0.2) is 26.8 Å². The fourth-order valence-corrected chi connectivity index (χ4v) is 3.42. The monoisotopic (exact) mass is 344 g/mol. The highest BCUT2D eigenvalue weighted by atomic mass is 19.1. The minimum Gasteiger partial charge on any atom is -0.497 e. The maximum atomic E-state index is 13.6. The zero-order valence-corrected chi connectivity index (χ0v) is 14.7. The summed E-state index contributed by atoms with van der Waals surface area (Å²) in [5.74, 6) is 1.31. The van der Waals surface area contributed by atoms with Gasteiger partial charge in [-0.3, -0.25) is 0 Å². The van der Waals surface area contributed by atoms with Gasteiger partial charge in [0, 0.05) is 24.2 Å². The zero-order chi connectivity index (χ0) is 17.6. The van der Waals surface area contributed by atoms with Crippen LogP contribution in [-0.2, 0) is 6.54 Å². The van der Waals surface area contributed by atoms with Gasteiger partial charge < -0.3 is 20.1 Å². The minimum absolute atomic E-state index is 0.198. The van der Waals surface area contributed by atoms with Crippen molar-refractivity contribution in [3.63, 3.8) is 0 Å². The van der Waals surface area contributed by atoms with Gasteiger partial charge in [-0.25, -0.2) is 4.39 Å². The molecule has 0 aliphatic carbocycles. The fraction of sp³-hybridized carbons (Fsp3) is 0.400. The van der Waals surface area contributed by atoms with Gasteiger partial charge in [0.1, 0.15) is 17.3 Å². The molecule has 0 saturated carbocycles. The van der Waals surface area contributed by atoms with Crippen molar-refractivity contribution in [1.82, 2.24) is 10.6 Å². The average Bonchev–Trinajstić information content (AvgIpc) is 2.66. The van der Waals surface area contributed by atoms with Crippen LogP contribution >= 0.6 is 0 Å². The van der Waals surface area contributed by atoms with Crippen molar-refractivity contribution in [2.45, 2.75) is 31.5 Å². The zero-order valence-electron chi connectivity index (χ0n) is 14.7. The van der Waals surface area contributed by atoms with Crippen LogP contribution in [0.25, 0.3) is 0 Å². The first-order valence-electron chi connectivity index (χ1n) is 8.64. The van der Waals surface area contributed by atoms with Gasteiger partial charge in [-0.05, 0) is 55.3 Å². The third-order valence-corrected chi connectivity index (χ3v) is 4.71. The number of ether oxygens (including phenoxy) is 2. The summed E-state index contributed by atoms with van der Waals surface area (Å²) in [5, 5.41) is 7.17. The molecule has 0 spiro atoms. The molecule has 1 fully saturated rings. The first-order chi connectivity index (χ1) is 12.2. The predicted molar refractivity (Wildman–Crippen MR) is 96.6 cm³/mol. The quantitative estimate of drug-likeness (QED) is 0.843. The van der Waals surface area contributed by atoms with Gasteiger partial charge in [-0.2, -0.15) is 0 Å². The molecule has 1 heterocycles. The first-order valence-corrected chi connectivity index (χ1v) is 8.64. The molecule has 3 rings (SSSR count). The Kier molecular flexibility index (Phi) is 5.89. The lowest BCUT2D eigenvalue weighted by atomic mass is 9.92. The number of hydrogen-bond donors (Lipinski definition) is 2. The molecule has 0 bridgehead atoms. The molecule has 25 heavy (non-hydrogen) atoms. The molecular weight excluding hydrogens is 319 g/mol. The number of rotatable bonds is 6. The molecule has 4 nitrogen and oxygen atoms in total. The van der Waals surface area contributed by atoms with Crippen molar-refractivity contribution >= 4 is 0 Å². The van der Waals surface area contributed by atoms with Gasteiger partial charge in [0.2, 0.25) is 0 Å². The van der Waals surface area contributed by atoms with Crippen molar-refractivity contribution in [1.29, 1.82) is 0 Å². The van der Waals surface area contributed by atoms with Crippen LogP contribution in [0, 0.1) is 5.82 Å². The molecule has 2 atom stereocenters. The number of hydrogen-bond acceptors (Lipinski definition) is 4. The van der Waals surface area contributed by atoms with Crippen molar-refractivity contribution in [2.24, 2.45) is 0 Å². The molecule has 1 aliphatic rings. The lowest BCUT2D eigenvalue weighted by molar-refractivity contribution is 0.301. The van der Waals surface area contributed by atoms with Crippen LogP contribution in [0.4, 0.5) is 4.39 Å². The van der Waals surface area contributed by atoms with Gasteiger partial charge in [0.05, 0.1) is 14.2 Å². The summed E-state index contributed by atoms with van der Waals surface area (Å²) in [6.45, 7) is 1.55. The van der Waals surface area contributed by atoms with Crippen LogP contribution in [0.15, 0.2) is 42.5 Å². The Labute approximate surface area is 148 Å². The maximum Gasteiger partial charge on any atom is 0.123 e. The highest BCUT2D eigenvalue weighted by Gasteiger charge is 2.26. The highest BCUT2D eigenvalue weighted by Crippen LogP contribution is 2.27. The predicted octanol–water partition coefficient (Wildman–Crippen LogP) is 3.43. The van der Waals surface area contributed by atoms with E-state index in [4.69, 9.17) is 9.47 Å². The molecule has 0 radical (unpaired) electrons. The van der Waals surface area contributed by atoms with Crippen molar-refractivity contribution in [3.8, 4) is 11.5 Å². The van der Waals surface area contributed by atoms with E-state index in [1.807, 2.05) is 12.1 Å². The first kappa shape index (κ1) is 17.7. The summed E-state index contributed by atoms with van der Waals surface area (Å²) < 4.78 is 24.3. The van der Waals surface area contributed by atoms with Crippen LogP contribution in [0.3, 0.4) is 0 Å². The van der Waals surface area contributed by atoms with Gasteiger partial charge in [0.15, 0.2) is 0 Å². The van der Waals surface area contributed by atoms with E-state index in [1.165, 1.54) is 17.7 Å². The van der Waals surface area contributed by atoms with Gasteiger partial charge in [-0.15, -0.1) is 0 Å². The van der Waals surface area contributed by atoms with E-state index >= 15 is 0 Å². The van der Waals surface area contributed by atoms with E-state index in [0.29, 0.717) is 12.3 Å². The van der Waals surface area contributed by atoms with Crippen molar-refractivity contribution < 1.29 is 13.9 Å². The molecule has 134 valence electrons. The Bertz CT molecular complexity index is 708. The number of halogens is 1. The molecule has 2 aromatic carbocycles. The lowest BCUT2D eigenvalue weighted by Gasteiger charge is -2.34. The average molecular weight is 344 g/mol. The van der Waals surface area contributed by atoms with Crippen LogP contribution in [0.2, 0.25) is 0 Å². The van der Waals surface area contributed by atoms with Gasteiger partial charge in [0.25, 0.3) is 0 Å². The summed E-state index contributed by atoms with van der Waals surface area (Å²) in [5.41, 5.74) is 2.03. The topological polar surface area (TPSA) is 42.5 Å². The number of benzene rings is 2. The molecule has 0 aromatic heterocycles. The second-order valence-corrected chi connectivity index (χ2v) is 6.29. The standard InChI is InChI=1S/C20H25FN2O2/c1-24-17-6-3-5-14(12-17)20-18(7-4-10-22-20)23-13-15-11-16(21)8-9-19(15)25-2/h3,5-6,8-9,11-12,18,20,22-23H,4,7,10,13H2,1-2H3/t18-,20-/m1/s1. The van der Waals surface area contributed by atoms with E-state index in [-0.39, 0.29) is 17.9 Å². The summed E-state index contributed by atoms with van der Waals surface area (Å²) in [6.07, 6.45) is 2.17. The smallest absolute Gasteiger partial charge is 0.123 e. The third-order valence-electron chi connectivity index (χ3n) is 4.71. The summed E-state index contributed by atoms with van der Waals surface area (Å²) in [7, 11) is 3.29.